The van der Waals surface area contributed by atoms with E-state index in [0.29, 0.717) is 11.5 Å². The molecule has 0 spiro atoms. The van der Waals surface area contributed by atoms with E-state index < -0.39 is 0 Å². The van der Waals surface area contributed by atoms with Crippen molar-refractivity contribution in [2.45, 2.75) is 6.92 Å². The Morgan fingerprint density at radius 1 is 1.14 bits per heavy atom. The van der Waals surface area contributed by atoms with E-state index in [0.717, 1.165) is 0 Å². The van der Waals surface area contributed by atoms with Crippen LogP contribution in [0.2, 0.25) is 0 Å². The first-order chi connectivity index (χ1) is 6.68. The molecular formula is C7H8N6O. The molecule has 7 heteroatoms. The fourth-order valence-electron chi connectivity index (χ4n) is 1.03. The van der Waals surface area contributed by atoms with Gasteiger partial charge in [-0.15, -0.1) is 10.2 Å². The normalized spacial score (nSPS) is 10.4. The summed E-state index contributed by atoms with van der Waals surface area (Å²) in [7, 11) is 0. The predicted molar refractivity (Wildman–Crippen MR) is 48.9 cm³/mol. The van der Waals surface area contributed by atoms with E-state index in [2.05, 4.69) is 20.2 Å². The third-order valence-electron chi connectivity index (χ3n) is 1.65. The third kappa shape index (κ3) is 1.24. The van der Waals surface area contributed by atoms with Crippen LogP contribution in [0.25, 0.3) is 11.5 Å². The zero-order chi connectivity index (χ0) is 10.1. The van der Waals surface area contributed by atoms with Gasteiger partial charge in [0.05, 0.1) is 0 Å². The molecule has 0 bridgehead atoms. The summed E-state index contributed by atoms with van der Waals surface area (Å²) in [5, 5.41) is 7.44. The number of anilines is 2. The highest BCUT2D eigenvalue weighted by atomic mass is 16.4. The lowest BCUT2D eigenvalue weighted by Crippen LogP contribution is -2.01. The predicted octanol–water partition coefficient (Wildman–Crippen LogP) is -0.000580. The second-order valence-electron chi connectivity index (χ2n) is 2.65. The van der Waals surface area contributed by atoms with E-state index in [4.69, 9.17) is 15.9 Å². The summed E-state index contributed by atoms with van der Waals surface area (Å²) in [6.07, 6.45) is 1.28. The molecule has 2 heterocycles. The van der Waals surface area contributed by atoms with Crippen molar-refractivity contribution in [2.75, 3.05) is 11.5 Å². The Labute approximate surface area is 79.2 Å². The van der Waals surface area contributed by atoms with Gasteiger partial charge in [-0.1, -0.05) is 0 Å². The Hall–Kier alpha value is -2.18. The number of aromatic nitrogens is 4. The Kier molecular flexibility index (Phi) is 1.77. The number of rotatable bonds is 1. The van der Waals surface area contributed by atoms with Crippen LogP contribution in [-0.2, 0) is 0 Å². The summed E-state index contributed by atoms with van der Waals surface area (Å²) in [5.41, 5.74) is 11.6. The number of nitrogens with two attached hydrogens (primary N) is 2. The van der Waals surface area contributed by atoms with Gasteiger partial charge in [0.1, 0.15) is 23.5 Å². The van der Waals surface area contributed by atoms with Crippen LogP contribution in [0.3, 0.4) is 0 Å². The topological polar surface area (TPSA) is 117 Å². The van der Waals surface area contributed by atoms with Gasteiger partial charge in [-0.3, -0.25) is 0 Å². The maximum absolute atomic E-state index is 5.60. The molecule has 0 aliphatic carbocycles. The second-order valence-corrected chi connectivity index (χ2v) is 2.65. The molecule has 0 atom stereocenters. The monoisotopic (exact) mass is 192 g/mol. The Morgan fingerprint density at radius 2 is 1.79 bits per heavy atom. The van der Waals surface area contributed by atoms with Crippen LogP contribution in [0.15, 0.2) is 10.7 Å². The molecule has 0 fully saturated rings. The van der Waals surface area contributed by atoms with Crippen molar-refractivity contribution < 1.29 is 4.42 Å². The van der Waals surface area contributed by atoms with E-state index in [9.17, 15) is 0 Å². The van der Waals surface area contributed by atoms with Crippen molar-refractivity contribution in [3.8, 4) is 11.5 Å². The third-order valence-corrected chi connectivity index (χ3v) is 1.65. The molecule has 0 saturated heterocycles. The van der Waals surface area contributed by atoms with Gasteiger partial charge < -0.3 is 15.9 Å². The maximum Gasteiger partial charge on any atom is 0.255 e. The first-order valence-corrected chi connectivity index (χ1v) is 3.85. The smallest absolute Gasteiger partial charge is 0.255 e. The Bertz CT molecular complexity index is 445. The highest BCUT2D eigenvalue weighted by molar-refractivity contribution is 5.76. The first kappa shape index (κ1) is 8.42. The average molecular weight is 192 g/mol. The van der Waals surface area contributed by atoms with Crippen LogP contribution in [0.1, 0.15) is 5.89 Å². The van der Waals surface area contributed by atoms with Gasteiger partial charge in [-0.2, -0.15) is 0 Å². The summed E-state index contributed by atoms with van der Waals surface area (Å²) >= 11 is 0. The van der Waals surface area contributed by atoms with Gasteiger partial charge in [-0.05, 0) is 0 Å². The van der Waals surface area contributed by atoms with Crippen LogP contribution >= 0.6 is 0 Å². The average Bonchev–Trinajstić information content (AvgIpc) is 2.51. The lowest BCUT2D eigenvalue weighted by molar-refractivity contribution is 0.533. The van der Waals surface area contributed by atoms with Crippen LogP contribution in [0.4, 0.5) is 11.6 Å². The molecule has 7 nitrogen and oxygen atoms in total. The molecule has 0 aliphatic rings. The molecule has 0 radical (unpaired) electrons. The number of nitrogen functional groups attached to an aromatic ring is 2. The molecule has 2 aromatic rings. The fraction of sp³-hybridized carbons (Fsp3) is 0.143. The zero-order valence-corrected chi connectivity index (χ0v) is 7.43. The number of aryl methyl sites for hydroxylation is 1. The molecule has 0 amide bonds. The molecule has 2 rings (SSSR count). The number of nitrogens with zero attached hydrogens (tertiary/aromatic N) is 4. The van der Waals surface area contributed by atoms with E-state index >= 15 is 0 Å². The molecular weight excluding hydrogens is 184 g/mol. The molecule has 14 heavy (non-hydrogen) atoms. The summed E-state index contributed by atoms with van der Waals surface area (Å²) < 4.78 is 5.17. The van der Waals surface area contributed by atoms with Crippen LogP contribution in [0.5, 0.6) is 0 Å². The number of hydrogen-bond acceptors (Lipinski definition) is 7. The van der Waals surface area contributed by atoms with E-state index in [1.165, 1.54) is 6.33 Å². The summed E-state index contributed by atoms with van der Waals surface area (Å²) in [6, 6.07) is 0. The van der Waals surface area contributed by atoms with Crippen molar-refractivity contribution in [2.24, 2.45) is 0 Å². The van der Waals surface area contributed by atoms with E-state index in [-0.39, 0.29) is 17.5 Å². The second kappa shape index (κ2) is 2.95. The summed E-state index contributed by atoms with van der Waals surface area (Å²) in [5.74, 6) is 1.11. The van der Waals surface area contributed by atoms with Gasteiger partial charge in [0.2, 0.25) is 5.89 Å². The molecule has 72 valence electrons. The van der Waals surface area contributed by atoms with Crippen LogP contribution < -0.4 is 11.5 Å². The lowest BCUT2D eigenvalue weighted by atomic mass is 10.3. The van der Waals surface area contributed by atoms with E-state index in [1.54, 1.807) is 6.92 Å². The lowest BCUT2D eigenvalue weighted by Gasteiger charge is -2.01. The highest BCUT2D eigenvalue weighted by Crippen LogP contribution is 2.26. The number of hydrogen-bond donors (Lipinski definition) is 2. The first-order valence-electron chi connectivity index (χ1n) is 3.85. The minimum absolute atomic E-state index is 0.223. The molecule has 0 aliphatic heterocycles. The van der Waals surface area contributed by atoms with Crippen molar-refractivity contribution in [3.63, 3.8) is 0 Å². The molecule has 4 N–H and O–H groups in total. The van der Waals surface area contributed by atoms with Crippen LogP contribution in [-0.4, -0.2) is 20.2 Å². The van der Waals surface area contributed by atoms with Gasteiger partial charge in [-0.25, -0.2) is 9.97 Å². The van der Waals surface area contributed by atoms with Crippen molar-refractivity contribution in [1.29, 1.82) is 0 Å². The quantitative estimate of drug-likeness (QED) is 0.652. The Balaban J connectivity index is 2.61. The highest BCUT2D eigenvalue weighted by Gasteiger charge is 2.14. The zero-order valence-electron chi connectivity index (χ0n) is 7.43. The summed E-state index contributed by atoms with van der Waals surface area (Å²) in [6.45, 7) is 1.67. The van der Waals surface area contributed by atoms with Gasteiger partial charge in [0.15, 0.2) is 0 Å². The van der Waals surface area contributed by atoms with Crippen molar-refractivity contribution in [3.05, 3.63) is 12.2 Å². The molecule has 0 saturated carbocycles. The molecule has 0 aromatic carbocycles. The molecule has 0 unspecified atom stereocenters. The SMILES string of the molecule is Cc1nnc(-c2c(N)ncnc2N)o1. The standard InChI is InChI=1S/C7H8N6O/c1-3-12-13-7(14-3)4-5(8)10-2-11-6(4)9/h2H,1H3,(H4,8,9,10,11). The van der Waals surface area contributed by atoms with Gasteiger partial charge in [0, 0.05) is 6.92 Å². The molecule has 2 aromatic heterocycles. The maximum atomic E-state index is 5.60. The van der Waals surface area contributed by atoms with Gasteiger partial charge >= 0.3 is 0 Å². The van der Waals surface area contributed by atoms with Crippen molar-refractivity contribution in [1.82, 2.24) is 20.2 Å². The van der Waals surface area contributed by atoms with Crippen LogP contribution in [0, 0.1) is 6.92 Å². The van der Waals surface area contributed by atoms with Crippen molar-refractivity contribution >= 4 is 11.6 Å². The minimum atomic E-state index is 0.223. The van der Waals surface area contributed by atoms with E-state index in [1.807, 2.05) is 0 Å². The summed E-state index contributed by atoms with van der Waals surface area (Å²) in [4.78, 5) is 7.57. The van der Waals surface area contributed by atoms with Gasteiger partial charge in [0.25, 0.3) is 5.89 Å². The largest absolute Gasteiger partial charge is 0.421 e. The fourth-order valence-corrected chi connectivity index (χ4v) is 1.03. The Morgan fingerprint density at radius 3 is 2.29 bits per heavy atom. The minimum Gasteiger partial charge on any atom is -0.421 e.